The van der Waals surface area contributed by atoms with E-state index in [2.05, 4.69) is 15.4 Å². The molecule has 0 aliphatic rings. The number of anilines is 1. The van der Waals surface area contributed by atoms with Crippen molar-refractivity contribution in [2.75, 3.05) is 5.32 Å². The molecule has 0 saturated carbocycles. The molecular weight excluding hydrogens is 347 g/mol. The molecule has 0 fully saturated rings. The average molecular weight is 361 g/mol. The zero-order valence-corrected chi connectivity index (χ0v) is 14.1. The highest BCUT2D eigenvalue weighted by molar-refractivity contribution is 6.35. The summed E-state index contributed by atoms with van der Waals surface area (Å²) in [5, 5.41) is 8.08. The molecule has 0 atom stereocenters. The molecule has 0 radical (unpaired) electrons. The van der Waals surface area contributed by atoms with E-state index in [0.717, 1.165) is 5.69 Å². The molecule has 2 heterocycles. The summed E-state index contributed by atoms with van der Waals surface area (Å²) in [5.41, 5.74) is 1.61. The van der Waals surface area contributed by atoms with E-state index in [4.69, 9.17) is 23.2 Å². The van der Waals surface area contributed by atoms with E-state index >= 15 is 0 Å². The van der Waals surface area contributed by atoms with Crippen LogP contribution in [0, 0.1) is 0 Å². The van der Waals surface area contributed by atoms with Gasteiger partial charge in [0.1, 0.15) is 0 Å². The van der Waals surface area contributed by atoms with Crippen LogP contribution in [0.25, 0.3) is 0 Å². The molecule has 0 bridgehead atoms. The highest BCUT2D eigenvalue weighted by atomic mass is 35.5. The largest absolute Gasteiger partial charge is 0.309 e. The fourth-order valence-electron chi connectivity index (χ4n) is 2.20. The summed E-state index contributed by atoms with van der Waals surface area (Å²) in [6, 6.07) is 12.5. The van der Waals surface area contributed by atoms with Crippen LogP contribution in [0.3, 0.4) is 0 Å². The Hall–Kier alpha value is -2.37. The SMILES string of the molecule is O=C(Cc1ccc(Cl)cc1Cl)Nc1ccn(Cc2ccccn2)n1. The van der Waals surface area contributed by atoms with Gasteiger partial charge < -0.3 is 5.32 Å². The Bertz CT molecular complexity index is 849. The lowest BCUT2D eigenvalue weighted by Crippen LogP contribution is -2.15. The van der Waals surface area contributed by atoms with Crippen LogP contribution in [-0.4, -0.2) is 20.7 Å². The number of carbonyl (C=O) groups is 1. The second-order valence-electron chi connectivity index (χ2n) is 5.18. The summed E-state index contributed by atoms with van der Waals surface area (Å²) in [6.07, 6.45) is 3.68. The molecular formula is C17H14Cl2N4O. The predicted octanol–water partition coefficient (Wildman–Crippen LogP) is 3.81. The van der Waals surface area contributed by atoms with Crippen LogP contribution in [0.2, 0.25) is 10.0 Å². The molecule has 3 rings (SSSR count). The Morgan fingerprint density at radius 1 is 1.17 bits per heavy atom. The van der Waals surface area contributed by atoms with E-state index in [1.807, 2.05) is 18.2 Å². The van der Waals surface area contributed by atoms with Gasteiger partial charge in [-0.15, -0.1) is 0 Å². The molecule has 1 amide bonds. The Morgan fingerprint density at radius 3 is 2.79 bits per heavy atom. The summed E-state index contributed by atoms with van der Waals surface area (Å²) < 4.78 is 1.72. The van der Waals surface area contributed by atoms with Crippen molar-refractivity contribution in [2.45, 2.75) is 13.0 Å². The lowest BCUT2D eigenvalue weighted by atomic mass is 10.1. The number of carbonyl (C=O) groups excluding carboxylic acids is 1. The normalized spacial score (nSPS) is 10.6. The molecule has 0 unspecified atom stereocenters. The van der Waals surface area contributed by atoms with Crippen molar-refractivity contribution < 1.29 is 4.79 Å². The van der Waals surface area contributed by atoms with E-state index in [-0.39, 0.29) is 12.3 Å². The summed E-state index contributed by atoms with van der Waals surface area (Å²) in [5.74, 6) is 0.295. The molecule has 2 aromatic heterocycles. The Balaban J connectivity index is 1.61. The smallest absolute Gasteiger partial charge is 0.230 e. The molecule has 1 N–H and O–H groups in total. The lowest BCUT2D eigenvalue weighted by molar-refractivity contribution is -0.115. The summed E-state index contributed by atoms with van der Waals surface area (Å²) in [7, 11) is 0. The zero-order chi connectivity index (χ0) is 16.9. The fourth-order valence-corrected chi connectivity index (χ4v) is 2.67. The summed E-state index contributed by atoms with van der Waals surface area (Å²) in [6.45, 7) is 0.541. The maximum absolute atomic E-state index is 12.1. The Morgan fingerprint density at radius 2 is 2.04 bits per heavy atom. The van der Waals surface area contributed by atoms with Crippen molar-refractivity contribution >= 4 is 34.9 Å². The number of nitrogens with zero attached hydrogens (tertiary/aromatic N) is 3. The van der Waals surface area contributed by atoms with Gasteiger partial charge in [-0.3, -0.25) is 14.5 Å². The van der Waals surface area contributed by atoms with Crippen LogP contribution in [0.15, 0.2) is 54.9 Å². The predicted molar refractivity (Wildman–Crippen MR) is 94.4 cm³/mol. The average Bonchev–Trinajstić information content (AvgIpc) is 2.98. The number of hydrogen-bond acceptors (Lipinski definition) is 3. The van der Waals surface area contributed by atoms with E-state index in [1.54, 1.807) is 41.3 Å². The minimum Gasteiger partial charge on any atom is -0.309 e. The first kappa shape index (κ1) is 16.5. The van der Waals surface area contributed by atoms with Crippen LogP contribution >= 0.6 is 23.2 Å². The molecule has 7 heteroatoms. The summed E-state index contributed by atoms with van der Waals surface area (Å²) in [4.78, 5) is 16.4. The number of rotatable bonds is 5. The number of amides is 1. The van der Waals surface area contributed by atoms with Gasteiger partial charge in [0.05, 0.1) is 18.7 Å². The van der Waals surface area contributed by atoms with Gasteiger partial charge in [-0.1, -0.05) is 35.3 Å². The van der Waals surface area contributed by atoms with E-state index in [1.165, 1.54) is 0 Å². The lowest BCUT2D eigenvalue weighted by Gasteiger charge is -2.05. The molecule has 122 valence electrons. The van der Waals surface area contributed by atoms with Crippen LogP contribution < -0.4 is 5.32 Å². The number of nitrogens with one attached hydrogen (secondary N) is 1. The third-order valence-corrected chi connectivity index (χ3v) is 3.91. The van der Waals surface area contributed by atoms with E-state index < -0.39 is 0 Å². The maximum Gasteiger partial charge on any atom is 0.230 e. The van der Waals surface area contributed by atoms with Crippen molar-refractivity contribution in [3.63, 3.8) is 0 Å². The minimum absolute atomic E-state index is 0.156. The Kier molecular flexibility index (Phi) is 5.13. The third-order valence-electron chi connectivity index (χ3n) is 3.32. The summed E-state index contributed by atoms with van der Waals surface area (Å²) >= 11 is 11.9. The topological polar surface area (TPSA) is 59.8 Å². The highest BCUT2D eigenvalue weighted by Crippen LogP contribution is 2.21. The van der Waals surface area contributed by atoms with Crippen molar-refractivity contribution in [1.29, 1.82) is 0 Å². The first-order chi connectivity index (χ1) is 11.6. The minimum atomic E-state index is -0.192. The quantitative estimate of drug-likeness (QED) is 0.752. The third kappa shape index (κ3) is 4.34. The van der Waals surface area contributed by atoms with Gasteiger partial charge in [0, 0.05) is 28.5 Å². The van der Waals surface area contributed by atoms with Crippen LogP contribution in [0.5, 0.6) is 0 Å². The standard InChI is InChI=1S/C17H14Cl2N4O/c18-13-5-4-12(15(19)10-13)9-17(24)21-16-6-8-23(22-16)11-14-3-1-2-7-20-14/h1-8,10H,9,11H2,(H,21,22,24). The van der Waals surface area contributed by atoms with Gasteiger partial charge in [-0.2, -0.15) is 5.10 Å². The second kappa shape index (κ2) is 7.47. The number of aromatic nitrogens is 3. The number of benzene rings is 1. The molecule has 1 aromatic carbocycles. The molecule has 0 spiro atoms. The number of pyridine rings is 1. The number of halogens is 2. The zero-order valence-electron chi connectivity index (χ0n) is 12.6. The van der Waals surface area contributed by atoms with E-state index in [9.17, 15) is 4.79 Å². The molecule has 0 aliphatic heterocycles. The molecule has 5 nitrogen and oxygen atoms in total. The van der Waals surface area contributed by atoms with Gasteiger partial charge in [0.25, 0.3) is 0 Å². The van der Waals surface area contributed by atoms with Crippen molar-refractivity contribution in [3.05, 3.63) is 76.2 Å². The van der Waals surface area contributed by atoms with Crippen LogP contribution in [0.4, 0.5) is 5.82 Å². The Labute approximate surface area is 149 Å². The van der Waals surface area contributed by atoms with Gasteiger partial charge in [0.15, 0.2) is 5.82 Å². The number of hydrogen-bond donors (Lipinski definition) is 1. The van der Waals surface area contributed by atoms with Gasteiger partial charge >= 0.3 is 0 Å². The fraction of sp³-hybridized carbons (Fsp3) is 0.118. The monoisotopic (exact) mass is 360 g/mol. The van der Waals surface area contributed by atoms with Crippen LogP contribution in [0.1, 0.15) is 11.3 Å². The van der Waals surface area contributed by atoms with Gasteiger partial charge in [-0.25, -0.2) is 0 Å². The molecule has 0 aliphatic carbocycles. The van der Waals surface area contributed by atoms with Crippen LogP contribution in [-0.2, 0) is 17.8 Å². The molecule has 24 heavy (non-hydrogen) atoms. The highest BCUT2D eigenvalue weighted by Gasteiger charge is 2.09. The first-order valence-corrected chi connectivity index (χ1v) is 8.03. The molecule has 0 saturated heterocycles. The molecule has 3 aromatic rings. The van der Waals surface area contributed by atoms with Crippen molar-refractivity contribution in [1.82, 2.24) is 14.8 Å². The second-order valence-corrected chi connectivity index (χ2v) is 6.02. The van der Waals surface area contributed by atoms with Gasteiger partial charge in [0.2, 0.25) is 5.91 Å². The van der Waals surface area contributed by atoms with Crippen molar-refractivity contribution in [3.8, 4) is 0 Å². The van der Waals surface area contributed by atoms with Crippen molar-refractivity contribution in [2.24, 2.45) is 0 Å². The van der Waals surface area contributed by atoms with Gasteiger partial charge in [-0.05, 0) is 29.8 Å². The maximum atomic E-state index is 12.1. The van der Waals surface area contributed by atoms with E-state index in [0.29, 0.717) is 28.0 Å². The first-order valence-electron chi connectivity index (χ1n) is 7.27.